The maximum Gasteiger partial charge on any atom is 0.240 e. The fraction of sp³-hybridized carbons (Fsp3) is 0.176. The summed E-state index contributed by atoms with van der Waals surface area (Å²) in [6, 6.07) is 7.15. The number of hydrogen-bond acceptors (Lipinski definition) is 3. The van der Waals surface area contributed by atoms with Crippen molar-refractivity contribution in [3.05, 3.63) is 48.0 Å². The van der Waals surface area contributed by atoms with Crippen molar-refractivity contribution in [2.75, 3.05) is 5.32 Å². The van der Waals surface area contributed by atoms with Gasteiger partial charge in [0.2, 0.25) is 11.8 Å². The summed E-state index contributed by atoms with van der Waals surface area (Å²) in [5.41, 5.74) is 4.74. The highest BCUT2D eigenvalue weighted by Crippen LogP contribution is 2.46. The molecular formula is C17H14F2N2O3. The van der Waals surface area contributed by atoms with Crippen LogP contribution >= 0.6 is 0 Å². The number of nitrogens with one attached hydrogen (secondary N) is 1. The molecule has 0 saturated heterocycles. The number of carbonyl (C=O) groups is 2. The number of nitrogens with two attached hydrogens (primary N) is 1. The predicted octanol–water partition coefficient (Wildman–Crippen LogP) is 2.54. The molecule has 0 atom stereocenters. The van der Waals surface area contributed by atoms with Crippen LogP contribution in [0.4, 0.5) is 14.5 Å². The summed E-state index contributed by atoms with van der Waals surface area (Å²) in [7, 11) is 0. The van der Waals surface area contributed by atoms with Crippen molar-refractivity contribution in [1.29, 1.82) is 0 Å². The molecule has 1 fully saturated rings. The Kier molecular flexibility index (Phi) is 3.71. The normalized spacial score (nSPS) is 14.9. The van der Waals surface area contributed by atoms with Crippen LogP contribution in [0.5, 0.6) is 5.75 Å². The SMILES string of the molecule is NC(=O)C1(C(=O)Nc2ccc(F)cc2-c2ccc(O)c(F)c2)CC1. The van der Waals surface area contributed by atoms with Crippen molar-refractivity contribution in [2.45, 2.75) is 12.8 Å². The first kappa shape index (κ1) is 15.9. The summed E-state index contributed by atoms with van der Waals surface area (Å²) in [6.45, 7) is 0. The second-order valence-corrected chi connectivity index (χ2v) is 5.76. The van der Waals surface area contributed by atoms with Crippen LogP contribution in [0.25, 0.3) is 11.1 Å². The lowest BCUT2D eigenvalue weighted by molar-refractivity contribution is -0.132. The summed E-state index contributed by atoms with van der Waals surface area (Å²) in [5, 5.41) is 11.8. The monoisotopic (exact) mass is 332 g/mol. The number of anilines is 1. The summed E-state index contributed by atoms with van der Waals surface area (Å²) in [5.74, 6) is -3.26. The van der Waals surface area contributed by atoms with Gasteiger partial charge in [0.25, 0.3) is 0 Å². The third-order valence-electron chi connectivity index (χ3n) is 4.14. The van der Waals surface area contributed by atoms with E-state index in [0.29, 0.717) is 12.8 Å². The molecule has 1 aliphatic rings. The Hall–Kier alpha value is -2.96. The molecule has 2 amide bonds. The first-order valence-electron chi connectivity index (χ1n) is 7.23. The summed E-state index contributed by atoms with van der Waals surface area (Å²) >= 11 is 0. The predicted molar refractivity (Wildman–Crippen MR) is 82.9 cm³/mol. The number of aromatic hydroxyl groups is 1. The van der Waals surface area contributed by atoms with Crippen LogP contribution in [-0.2, 0) is 9.59 Å². The molecular weight excluding hydrogens is 318 g/mol. The van der Waals surface area contributed by atoms with E-state index in [4.69, 9.17) is 5.73 Å². The molecule has 1 aliphatic carbocycles. The summed E-state index contributed by atoms with van der Waals surface area (Å²) in [4.78, 5) is 23.7. The molecule has 1 saturated carbocycles. The average molecular weight is 332 g/mol. The largest absolute Gasteiger partial charge is 0.505 e. The minimum Gasteiger partial charge on any atom is -0.505 e. The van der Waals surface area contributed by atoms with E-state index in [9.17, 15) is 23.5 Å². The third kappa shape index (κ3) is 2.68. The highest BCUT2D eigenvalue weighted by atomic mass is 19.1. The van der Waals surface area contributed by atoms with E-state index >= 15 is 0 Å². The number of rotatable bonds is 4. The number of phenolic OH excluding ortho intramolecular Hbond substituents is 1. The number of hydrogen-bond donors (Lipinski definition) is 3. The zero-order chi connectivity index (χ0) is 17.5. The van der Waals surface area contributed by atoms with Crippen LogP contribution in [0, 0.1) is 17.0 Å². The van der Waals surface area contributed by atoms with Crippen molar-refractivity contribution in [3.8, 4) is 16.9 Å². The number of carbonyl (C=O) groups excluding carboxylic acids is 2. The molecule has 0 bridgehead atoms. The van der Waals surface area contributed by atoms with E-state index < -0.39 is 34.6 Å². The molecule has 0 heterocycles. The maximum absolute atomic E-state index is 13.6. The molecule has 0 radical (unpaired) electrons. The topological polar surface area (TPSA) is 92.4 Å². The van der Waals surface area contributed by atoms with Gasteiger partial charge in [0.1, 0.15) is 11.2 Å². The lowest BCUT2D eigenvalue weighted by atomic mass is 10.0. The second-order valence-electron chi connectivity index (χ2n) is 5.76. The van der Waals surface area contributed by atoms with Gasteiger partial charge in [-0.15, -0.1) is 0 Å². The molecule has 0 aliphatic heterocycles. The van der Waals surface area contributed by atoms with Gasteiger partial charge >= 0.3 is 0 Å². The lowest BCUT2D eigenvalue weighted by Crippen LogP contribution is -2.36. The lowest BCUT2D eigenvalue weighted by Gasteiger charge is -2.15. The molecule has 2 aromatic rings. The Labute approximate surface area is 136 Å². The summed E-state index contributed by atoms with van der Waals surface area (Å²) < 4.78 is 27.2. The van der Waals surface area contributed by atoms with Crippen LogP contribution in [0.3, 0.4) is 0 Å². The van der Waals surface area contributed by atoms with Crippen LogP contribution in [0.15, 0.2) is 36.4 Å². The molecule has 0 spiro atoms. The maximum atomic E-state index is 13.6. The Balaban J connectivity index is 1.98. The Morgan fingerprint density at radius 1 is 1.12 bits per heavy atom. The number of halogens is 2. The Bertz CT molecular complexity index is 848. The minimum atomic E-state index is -1.23. The zero-order valence-corrected chi connectivity index (χ0v) is 12.5. The van der Waals surface area contributed by atoms with Crippen LogP contribution < -0.4 is 11.1 Å². The minimum absolute atomic E-state index is 0.221. The molecule has 4 N–H and O–H groups in total. The molecule has 0 aromatic heterocycles. The van der Waals surface area contributed by atoms with Crippen molar-refractivity contribution in [1.82, 2.24) is 0 Å². The molecule has 7 heteroatoms. The van der Waals surface area contributed by atoms with Gasteiger partial charge in [-0.3, -0.25) is 9.59 Å². The van der Waals surface area contributed by atoms with E-state index in [-0.39, 0.29) is 16.8 Å². The first-order valence-corrected chi connectivity index (χ1v) is 7.23. The molecule has 124 valence electrons. The van der Waals surface area contributed by atoms with E-state index in [1.54, 1.807) is 0 Å². The molecule has 24 heavy (non-hydrogen) atoms. The van der Waals surface area contributed by atoms with E-state index in [1.807, 2.05) is 0 Å². The van der Waals surface area contributed by atoms with E-state index in [0.717, 1.165) is 24.3 Å². The smallest absolute Gasteiger partial charge is 0.240 e. The van der Waals surface area contributed by atoms with Crippen LogP contribution in [-0.4, -0.2) is 16.9 Å². The molecule has 2 aromatic carbocycles. The van der Waals surface area contributed by atoms with Gasteiger partial charge < -0.3 is 16.2 Å². The van der Waals surface area contributed by atoms with E-state index in [2.05, 4.69) is 5.32 Å². The summed E-state index contributed by atoms with van der Waals surface area (Å²) in [6.07, 6.45) is 0.719. The van der Waals surface area contributed by atoms with Gasteiger partial charge in [0.05, 0.1) is 0 Å². The van der Waals surface area contributed by atoms with Gasteiger partial charge in [-0.25, -0.2) is 8.78 Å². The van der Waals surface area contributed by atoms with Gasteiger partial charge in [0.15, 0.2) is 11.6 Å². The molecule has 3 rings (SSSR count). The average Bonchev–Trinajstić information content (AvgIpc) is 3.33. The van der Waals surface area contributed by atoms with Crippen molar-refractivity contribution < 1.29 is 23.5 Å². The quantitative estimate of drug-likeness (QED) is 0.751. The zero-order valence-electron chi connectivity index (χ0n) is 12.5. The Morgan fingerprint density at radius 3 is 2.42 bits per heavy atom. The number of amides is 2. The molecule has 0 unspecified atom stereocenters. The van der Waals surface area contributed by atoms with E-state index in [1.165, 1.54) is 12.1 Å². The number of primary amides is 1. The van der Waals surface area contributed by atoms with Gasteiger partial charge in [-0.05, 0) is 48.7 Å². The fourth-order valence-corrected chi connectivity index (χ4v) is 2.49. The van der Waals surface area contributed by atoms with Gasteiger partial charge in [0, 0.05) is 11.3 Å². The standard InChI is InChI=1S/C17H14F2N2O3/c18-10-2-3-13(21-16(24)17(5-6-17)15(20)23)11(8-10)9-1-4-14(22)12(19)7-9/h1-4,7-8,22H,5-6H2,(H2,20,23)(H,21,24). The molecule has 5 nitrogen and oxygen atoms in total. The van der Waals surface area contributed by atoms with Crippen molar-refractivity contribution in [3.63, 3.8) is 0 Å². The van der Waals surface area contributed by atoms with Crippen molar-refractivity contribution >= 4 is 17.5 Å². The Morgan fingerprint density at radius 2 is 1.83 bits per heavy atom. The highest BCUT2D eigenvalue weighted by Gasteiger charge is 2.55. The van der Waals surface area contributed by atoms with Gasteiger partial charge in [-0.2, -0.15) is 0 Å². The first-order chi connectivity index (χ1) is 11.3. The van der Waals surface area contributed by atoms with Crippen LogP contribution in [0.1, 0.15) is 12.8 Å². The number of benzene rings is 2. The fourth-order valence-electron chi connectivity index (χ4n) is 2.49. The highest BCUT2D eigenvalue weighted by molar-refractivity contribution is 6.13. The van der Waals surface area contributed by atoms with Crippen LogP contribution in [0.2, 0.25) is 0 Å². The van der Waals surface area contributed by atoms with Gasteiger partial charge in [-0.1, -0.05) is 6.07 Å². The van der Waals surface area contributed by atoms with Crippen molar-refractivity contribution in [2.24, 2.45) is 11.1 Å². The second kappa shape index (κ2) is 5.59. The number of phenols is 1. The third-order valence-corrected chi connectivity index (χ3v) is 4.14.